The van der Waals surface area contributed by atoms with Crippen LogP contribution in [0.25, 0.3) is 0 Å². The lowest BCUT2D eigenvalue weighted by molar-refractivity contribution is 0.0860. The van der Waals surface area contributed by atoms with E-state index in [1.165, 1.54) is 44.9 Å². The maximum absolute atomic E-state index is 9.08. The van der Waals surface area contributed by atoms with E-state index in [4.69, 9.17) is 24.4 Å². The third-order valence-corrected chi connectivity index (χ3v) is 4.01. The molecule has 2 aliphatic rings. The molecule has 2 aliphatic heterocycles. The number of epoxide rings is 2. The summed E-state index contributed by atoms with van der Waals surface area (Å²) >= 11 is 0. The molecule has 5 nitrogen and oxygen atoms in total. The second-order valence-electron chi connectivity index (χ2n) is 6.55. The van der Waals surface area contributed by atoms with Crippen molar-refractivity contribution >= 4 is 0 Å². The summed E-state index contributed by atoms with van der Waals surface area (Å²) in [5.41, 5.74) is 0. The number of ether oxygens (including phenoxy) is 3. The van der Waals surface area contributed by atoms with E-state index in [0.717, 1.165) is 39.3 Å². The second kappa shape index (κ2) is 14.2. The Hall–Kier alpha value is -0.200. The number of aliphatic hydroxyl groups is 2. The first kappa shape index (κ1) is 20.8. The lowest BCUT2D eigenvalue weighted by Gasteiger charge is -2.06. The van der Waals surface area contributed by atoms with E-state index in [1.54, 1.807) is 0 Å². The lowest BCUT2D eigenvalue weighted by Crippen LogP contribution is -2.10. The second-order valence-corrected chi connectivity index (χ2v) is 6.55. The van der Waals surface area contributed by atoms with Crippen LogP contribution in [0.4, 0.5) is 0 Å². The van der Waals surface area contributed by atoms with E-state index in [2.05, 4.69) is 6.92 Å². The van der Waals surface area contributed by atoms with Gasteiger partial charge in [0.25, 0.3) is 0 Å². The highest BCUT2D eigenvalue weighted by Crippen LogP contribution is 2.12. The van der Waals surface area contributed by atoms with Crippen LogP contribution in [0.2, 0.25) is 0 Å². The predicted molar refractivity (Wildman–Crippen MR) is 90.6 cm³/mol. The Morgan fingerprint density at radius 3 is 1.83 bits per heavy atom. The quantitative estimate of drug-likeness (QED) is 0.378. The van der Waals surface area contributed by atoms with Gasteiger partial charge in [0.15, 0.2) is 0 Å². The Bertz CT molecular complexity index is 242. The summed E-state index contributed by atoms with van der Waals surface area (Å²) in [7, 11) is 0. The average Bonchev–Trinajstić information content (AvgIpc) is 3.45. The molecule has 0 spiro atoms. The summed E-state index contributed by atoms with van der Waals surface area (Å²) in [6.45, 7) is 5.41. The van der Waals surface area contributed by atoms with Crippen LogP contribution in [0.5, 0.6) is 0 Å². The van der Waals surface area contributed by atoms with E-state index in [9.17, 15) is 0 Å². The normalized spacial score (nSPS) is 23.1. The molecule has 0 aromatic carbocycles. The SMILES string of the molecule is C(OCC1CO1)C1CO1.CCCCCCCCCCC(O)CO. The molecule has 3 atom stereocenters. The van der Waals surface area contributed by atoms with Gasteiger partial charge < -0.3 is 24.4 Å². The maximum atomic E-state index is 9.08. The molecule has 138 valence electrons. The molecule has 23 heavy (non-hydrogen) atoms. The predicted octanol–water partition coefficient (Wildman–Crippen LogP) is 2.67. The van der Waals surface area contributed by atoms with E-state index in [1.807, 2.05) is 0 Å². The van der Waals surface area contributed by atoms with Crippen LogP contribution in [-0.2, 0) is 14.2 Å². The van der Waals surface area contributed by atoms with Crippen LogP contribution in [0, 0.1) is 0 Å². The van der Waals surface area contributed by atoms with Crippen molar-refractivity contribution in [2.24, 2.45) is 0 Å². The van der Waals surface area contributed by atoms with Crippen molar-refractivity contribution in [2.75, 3.05) is 33.0 Å². The fourth-order valence-electron chi connectivity index (χ4n) is 2.26. The molecule has 3 unspecified atom stereocenters. The van der Waals surface area contributed by atoms with Gasteiger partial charge in [-0.15, -0.1) is 0 Å². The molecule has 0 aromatic heterocycles. The Labute approximate surface area is 141 Å². The summed E-state index contributed by atoms with van der Waals surface area (Å²) in [4.78, 5) is 0. The van der Waals surface area contributed by atoms with Gasteiger partial charge >= 0.3 is 0 Å². The molecular weight excluding hydrogens is 296 g/mol. The molecule has 0 saturated carbocycles. The highest BCUT2D eigenvalue weighted by Gasteiger charge is 2.26. The Kier molecular flexibility index (Phi) is 12.8. The van der Waals surface area contributed by atoms with E-state index in [-0.39, 0.29) is 6.61 Å². The van der Waals surface area contributed by atoms with Crippen molar-refractivity contribution in [2.45, 2.75) is 83.0 Å². The average molecular weight is 332 g/mol. The monoisotopic (exact) mass is 332 g/mol. The number of unbranched alkanes of at least 4 members (excludes halogenated alkanes) is 7. The minimum absolute atomic E-state index is 0.0868. The highest BCUT2D eigenvalue weighted by atomic mass is 16.6. The van der Waals surface area contributed by atoms with Gasteiger partial charge in [0.1, 0.15) is 12.2 Å². The first-order valence-corrected chi connectivity index (χ1v) is 9.36. The van der Waals surface area contributed by atoms with Gasteiger partial charge in [-0.05, 0) is 6.42 Å². The molecule has 0 bridgehead atoms. The minimum atomic E-state index is -0.491. The molecule has 2 fully saturated rings. The van der Waals surface area contributed by atoms with Crippen molar-refractivity contribution in [1.29, 1.82) is 0 Å². The van der Waals surface area contributed by atoms with Crippen molar-refractivity contribution in [3.8, 4) is 0 Å². The zero-order valence-corrected chi connectivity index (χ0v) is 14.8. The molecule has 0 aliphatic carbocycles. The van der Waals surface area contributed by atoms with Gasteiger partial charge in [-0.2, -0.15) is 0 Å². The Morgan fingerprint density at radius 1 is 0.913 bits per heavy atom. The zero-order chi connectivity index (χ0) is 16.8. The van der Waals surface area contributed by atoms with Crippen LogP contribution < -0.4 is 0 Å². The molecule has 2 N–H and O–H groups in total. The molecule has 2 rings (SSSR count). The summed E-state index contributed by atoms with van der Waals surface area (Å²) in [5, 5.41) is 17.7. The van der Waals surface area contributed by atoms with Gasteiger partial charge in [0, 0.05) is 0 Å². The van der Waals surface area contributed by atoms with Crippen molar-refractivity contribution < 1.29 is 24.4 Å². The van der Waals surface area contributed by atoms with Crippen molar-refractivity contribution in [3.63, 3.8) is 0 Å². The van der Waals surface area contributed by atoms with Crippen molar-refractivity contribution in [1.82, 2.24) is 0 Å². The molecule has 2 saturated heterocycles. The third kappa shape index (κ3) is 15.1. The van der Waals surface area contributed by atoms with E-state index < -0.39 is 6.10 Å². The fraction of sp³-hybridized carbons (Fsp3) is 1.00. The van der Waals surface area contributed by atoms with E-state index >= 15 is 0 Å². The molecule has 0 amide bonds. The molecule has 2 heterocycles. The summed E-state index contributed by atoms with van der Waals surface area (Å²) in [6, 6.07) is 0. The molecule has 0 aromatic rings. The van der Waals surface area contributed by atoms with Crippen LogP contribution in [0.15, 0.2) is 0 Å². The van der Waals surface area contributed by atoms with Gasteiger partial charge in [-0.1, -0.05) is 58.3 Å². The topological polar surface area (TPSA) is 74.8 Å². The molecular formula is C18H36O5. The molecule has 5 heteroatoms. The molecule has 0 radical (unpaired) electrons. The number of hydrogen-bond donors (Lipinski definition) is 2. The highest BCUT2D eigenvalue weighted by molar-refractivity contribution is 4.71. The first-order valence-electron chi connectivity index (χ1n) is 9.36. The van der Waals surface area contributed by atoms with Crippen LogP contribution in [0.3, 0.4) is 0 Å². The van der Waals surface area contributed by atoms with Gasteiger partial charge in [-0.25, -0.2) is 0 Å². The van der Waals surface area contributed by atoms with E-state index in [0.29, 0.717) is 12.2 Å². The van der Waals surface area contributed by atoms with Gasteiger partial charge in [0.2, 0.25) is 0 Å². The standard InChI is InChI=1S/C12H26O2.C6H10O3/c1-2-3-4-5-6-7-8-9-10-12(14)11-13;1(5-3-8-5)7-2-6-4-9-6/h12-14H,2-11H2,1H3;5-6H,1-4H2. The zero-order valence-electron chi connectivity index (χ0n) is 14.8. The van der Waals surface area contributed by atoms with Gasteiger partial charge in [0.05, 0.1) is 39.1 Å². The summed E-state index contributed by atoms with van der Waals surface area (Å²) < 4.78 is 15.1. The third-order valence-electron chi connectivity index (χ3n) is 4.01. The number of hydrogen-bond acceptors (Lipinski definition) is 5. The van der Waals surface area contributed by atoms with Crippen LogP contribution in [-0.4, -0.2) is 61.6 Å². The Morgan fingerprint density at radius 2 is 1.39 bits per heavy atom. The van der Waals surface area contributed by atoms with Crippen LogP contribution in [0.1, 0.15) is 64.7 Å². The Balaban J connectivity index is 0.000000248. The van der Waals surface area contributed by atoms with Gasteiger partial charge in [-0.3, -0.25) is 0 Å². The van der Waals surface area contributed by atoms with Crippen LogP contribution >= 0.6 is 0 Å². The van der Waals surface area contributed by atoms with Crippen molar-refractivity contribution in [3.05, 3.63) is 0 Å². The number of rotatable bonds is 14. The smallest absolute Gasteiger partial charge is 0.104 e. The number of aliphatic hydroxyl groups excluding tert-OH is 2. The largest absolute Gasteiger partial charge is 0.394 e. The first-order chi connectivity index (χ1) is 11.3. The summed E-state index contributed by atoms with van der Waals surface area (Å²) in [6.07, 6.45) is 11.3. The summed E-state index contributed by atoms with van der Waals surface area (Å²) in [5.74, 6) is 0. The fourth-order valence-corrected chi connectivity index (χ4v) is 2.26. The lowest BCUT2D eigenvalue weighted by atomic mass is 10.1. The maximum Gasteiger partial charge on any atom is 0.104 e. The minimum Gasteiger partial charge on any atom is -0.394 e.